The zero-order valence-corrected chi connectivity index (χ0v) is 11.1. The van der Waals surface area contributed by atoms with E-state index in [9.17, 15) is 13.2 Å². The van der Waals surface area contributed by atoms with Gasteiger partial charge in [0.15, 0.2) is 5.69 Å². The maximum Gasteiger partial charge on any atom is 0.433 e. The minimum Gasteiger partial charge on any atom is -0.351 e. The molecular formula is C13H17F3N4. The van der Waals surface area contributed by atoms with Crippen molar-refractivity contribution in [2.24, 2.45) is 0 Å². The molecule has 1 fully saturated rings. The summed E-state index contributed by atoms with van der Waals surface area (Å²) in [4.78, 5) is 8.02. The van der Waals surface area contributed by atoms with E-state index in [-0.39, 0.29) is 17.6 Å². The van der Waals surface area contributed by atoms with Gasteiger partial charge in [0.05, 0.1) is 0 Å². The summed E-state index contributed by atoms with van der Waals surface area (Å²) in [6.45, 7) is 1.74. The minimum absolute atomic E-state index is 0.130. The predicted octanol–water partition coefficient (Wildman–Crippen LogP) is 2.15. The van der Waals surface area contributed by atoms with Crippen LogP contribution in [0.4, 0.5) is 19.1 Å². The van der Waals surface area contributed by atoms with Crippen molar-refractivity contribution in [2.75, 3.05) is 18.4 Å². The standard InChI is InChI=1S/C13H17F3N4/c14-13(15,16)11-9-2-1-3-10(9)19-12(20-11)18-8-4-6-17-7-5-8/h8,17H,1-7H2,(H,18,19,20). The van der Waals surface area contributed by atoms with Gasteiger partial charge >= 0.3 is 6.18 Å². The second-order valence-electron chi connectivity index (χ2n) is 5.34. The SMILES string of the molecule is FC(F)(F)c1nc(NC2CCNCC2)nc2c1CCC2. The molecule has 0 bridgehead atoms. The number of alkyl halides is 3. The van der Waals surface area contributed by atoms with Gasteiger partial charge in [0.25, 0.3) is 0 Å². The Balaban J connectivity index is 1.88. The number of piperidine rings is 1. The normalized spacial score (nSPS) is 19.9. The zero-order chi connectivity index (χ0) is 14.2. The Kier molecular flexibility index (Phi) is 3.54. The number of anilines is 1. The third kappa shape index (κ3) is 2.72. The third-order valence-electron chi connectivity index (χ3n) is 3.87. The highest BCUT2D eigenvalue weighted by atomic mass is 19.4. The lowest BCUT2D eigenvalue weighted by atomic mass is 10.1. The van der Waals surface area contributed by atoms with Crippen LogP contribution in [0.15, 0.2) is 0 Å². The van der Waals surface area contributed by atoms with E-state index in [1.807, 2.05) is 0 Å². The topological polar surface area (TPSA) is 49.8 Å². The highest BCUT2D eigenvalue weighted by Gasteiger charge is 2.38. The largest absolute Gasteiger partial charge is 0.433 e. The molecule has 0 radical (unpaired) electrons. The van der Waals surface area contributed by atoms with Crippen molar-refractivity contribution >= 4 is 5.95 Å². The number of nitrogens with one attached hydrogen (secondary N) is 2. The molecule has 1 aliphatic heterocycles. The summed E-state index contributed by atoms with van der Waals surface area (Å²) in [6, 6.07) is 0.150. The lowest BCUT2D eigenvalue weighted by molar-refractivity contribution is -0.141. The molecule has 1 aromatic rings. The summed E-state index contributed by atoms with van der Waals surface area (Å²) in [5.41, 5.74) is 0.0913. The number of aryl methyl sites for hydroxylation is 1. The molecule has 2 aliphatic rings. The summed E-state index contributed by atoms with van der Waals surface area (Å²) in [7, 11) is 0. The van der Waals surface area contributed by atoms with Crippen molar-refractivity contribution < 1.29 is 13.2 Å². The van der Waals surface area contributed by atoms with Crippen molar-refractivity contribution in [3.8, 4) is 0 Å². The van der Waals surface area contributed by atoms with Gasteiger partial charge in [-0.2, -0.15) is 13.2 Å². The molecule has 1 aromatic heterocycles. The summed E-state index contributed by atoms with van der Waals surface area (Å²) in [6.07, 6.45) is -0.880. The summed E-state index contributed by atoms with van der Waals surface area (Å²) in [5, 5.41) is 6.28. The Morgan fingerprint density at radius 1 is 1.10 bits per heavy atom. The van der Waals surface area contributed by atoms with Crippen LogP contribution in [-0.2, 0) is 19.0 Å². The Labute approximate surface area is 115 Å². The Bertz CT molecular complexity index is 495. The van der Waals surface area contributed by atoms with Gasteiger partial charge in [0.1, 0.15) is 0 Å². The van der Waals surface area contributed by atoms with E-state index in [1.165, 1.54) is 0 Å². The van der Waals surface area contributed by atoms with Gasteiger partial charge < -0.3 is 10.6 Å². The number of hydrogen-bond acceptors (Lipinski definition) is 4. The monoisotopic (exact) mass is 286 g/mol. The van der Waals surface area contributed by atoms with E-state index < -0.39 is 11.9 Å². The lowest BCUT2D eigenvalue weighted by Crippen LogP contribution is -2.36. The van der Waals surface area contributed by atoms with Gasteiger partial charge in [-0.1, -0.05) is 0 Å². The van der Waals surface area contributed by atoms with Gasteiger partial charge in [-0.3, -0.25) is 0 Å². The van der Waals surface area contributed by atoms with Crippen LogP contribution in [0.2, 0.25) is 0 Å². The molecule has 0 atom stereocenters. The molecule has 2 heterocycles. The van der Waals surface area contributed by atoms with Crippen LogP contribution >= 0.6 is 0 Å². The summed E-state index contributed by atoms with van der Waals surface area (Å²) >= 11 is 0. The number of halogens is 3. The lowest BCUT2D eigenvalue weighted by Gasteiger charge is -2.24. The molecule has 0 aromatic carbocycles. The first-order valence-corrected chi connectivity index (χ1v) is 6.98. The second-order valence-corrected chi connectivity index (χ2v) is 5.34. The van der Waals surface area contributed by atoms with Crippen molar-refractivity contribution in [2.45, 2.75) is 44.3 Å². The van der Waals surface area contributed by atoms with E-state index in [1.54, 1.807) is 0 Å². The van der Waals surface area contributed by atoms with E-state index >= 15 is 0 Å². The van der Waals surface area contributed by atoms with Crippen LogP contribution in [0, 0.1) is 0 Å². The highest BCUT2D eigenvalue weighted by Crippen LogP contribution is 2.35. The van der Waals surface area contributed by atoms with Gasteiger partial charge in [0.2, 0.25) is 5.95 Å². The van der Waals surface area contributed by atoms with Crippen molar-refractivity contribution in [3.05, 3.63) is 17.0 Å². The molecule has 7 heteroatoms. The number of hydrogen-bond donors (Lipinski definition) is 2. The van der Waals surface area contributed by atoms with Crippen molar-refractivity contribution in [1.82, 2.24) is 15.3 Å². The molecule has 0 saturated carbocycles. The van der Waals surface area contributed by atoms with Gasteiger partial charge in [-0.05, 0) is 45.2 Å². The van der Waals surface area contributed by atoms with E-state index in [0.717, 1.165) is 32.4 Å². The Morgan fingerprint density at radius 2 is 1.85 bits per heavy atom. The smallest absolute Gasteiger partial charge is 0.351 e. The predicted molar refractivity (Wildman–Crippen MR) is 68.6 cm³/mol. The molecule has 20 heavy (non-hydrogen) atoms. The quantitative estimate of drug-likeness (QED) is 0.874. The van der Waals surface area contributed by atoms with Crippen LogP contribution in [0.1, 0.15) is 36.2 Å². The highest BCUT2D eigenvalue weighted by molar-refractivity contribution is 5.39. The molecule has 1 saturated heterocycles. The number of fused-ring (bicyclic) bond motifs is 1. The van der Waals surface area contributed by atoms with Crippen LogP contribution < -0.4 is 10.6 Å². The first kappa shape index (κ1) is 13.6. The third-order valence-corrected chi connectivity index (χ3v) is 3.87. The summed E-state index contributed by atoms with van der Waals surface area (Å²) < 4.78 is 39.2. The maximum absolute atomic E-state index is 13.1. The van der Waals surface area contributed by atoms with Crippen LogP contribution in [0.5, 0.6) is 0 Å². The van der Waals surface area contributed by atoms with Crippen LogP contribution in [0.3, 0.4) is 0 Å². The maximum atomic E-state index is 13.1. The molecule has 0 amide bonds. The fourth-order valence-electron chi connectivity index (χ4n) is 2.88. The first-order valence-electron chi connectivity index (χ1n) is 6.98. The molecule has 0 spiro atoms. The van der Waals surface area contributed by atoms with E-state index in [4.69, 9.17) is 0 Å². The van der Waals surface area contributed by atoms with Crippen LogP contribution in [-0.4, -0.2) is 29.1 Å². The molecule has 110 valence electrons. The fourth-order valence-corrected chi connectivity index (χ4v) is 2.88. The zero-order valence-electron chi connectivity index (χ0n) is 11.1. The molecule has 4 nitrogen and oxygen atoms in total. The number of nitrogens with zero attached hydrogens (tertiary/aromatic N) is 2. The Hall–Kier alpha value is -1.37. The van der Waals surface area contributed by atoms with Gasteiger partial charge in [0, 0.05) is 17.3 Å². The summed E-state index contributed by atoms with van der Waals surface area (Å²) in [5.74, 6) is 0.130. The van der Waals surface area contributed by atoms with Crippen LogP contribution in [0.25, 0.3) is 0 Å². The first-order chi connectivity index (χ1) is 9.54. The molecule has 2 N–H and O–H groups in total. The fraction of sp³-hybridized carbons (Fsp3) is 0.692. The number of aromatic nitrogens is 2. The second kappa shape index (κ2) is 5.20. The average molecular weight is 286 g/mol. The van der Waals surface area contributed by atoms with Crippen molar-refractivity contribution in [1.29, 1.82) is 0 Å². The number of rotatable bonds is 2. The van der Waals surface area contributed by atoms with Gasteiger partial charge in [-0.25, -0.2) is 9.97 Å². The minimum atomic E-state index is -4.40. The molecule has 1 aliphatic carbocycles. The Morgan fingerprint density at radius 3 is 2.55 bits per heavy atom. The van der Waals surface area contributed by atoms with E-state index in [2.05, 4.69) is 20.6 Å². The molecule has 3 rings (SSSR count). The molecule has 0 unspecified atom stereocenters. The van der Waals surface area contributed by atoms with Crippen molar-refractivity contribution in [3.63, 3.8) is 0 Å². The average Bonchev–Trinajstić information content (AvgIpc) is 2.86. The molecular weight excluding hydrogens is 269 g/mol. The van der Waals surface area contributed by atoms with Gasteiger partial charge in [-0.15, -0.1) is 0 Å². The van der Waals surface area contributed by atoms with E-state index in [0.29, 0.717) is 18.5 Å².